The summed E-state index contributed by atoms with van der Waals surface area (Å²) in [6.07, 6.45) is 0.399. The molecule has 1 aromatic carbocycles. The smallest absolute Gasteiger partial charge is 0.319 e. The van der Waals surface area contributed by atoms with Gasteiger partial charge in [-0.1, -0.05) is 23.7 Å². The van der Waals surface area contributed by atoms with Crippen molar-refractivity contribution in [1.29, 1.82) is 0 Å². The highest BCUT2D eigenvalue weighted by Crippen LogP contribution is 2.25. The number of carbonyl (C=O) groups excluding carboxylic acids is 1. The number of hydrogen-bond acceptors (Lipinski definition) is 3. The Hall–Kier alpha value is -1.30. The second kappa shape index (κ2) is 7.47. The third kappa shape index (κ3) is 4.67. The van der Waals surface area contributed by atoms with Crippen LogP contribution in [-0.2, 0) is 4.74 Å². The molecule has 0 fully saturated rings. The molecule has 0 aliphatic heterocycles. The van der Waals surface area contributed by atoms with Gasteiger partial charge >= 0.3 is 6.03 Å². The van der Waals surface area contributed by atoms with Gasteiger partial charge in [0.15, 0.2) is 0 Å². The van der Waals surface area contributed by atoms with Gasteiger partial charge in [0.05, 0.1) is 22.9 Å². The van der Waals surface area contributed by atoms with Crippen LogP contribution in [0.4, 0.5) is 10.5 Å². The van der Waals surface area contributed by atoms with E-state index in [-0.39, 0.29) is 12.6 Å². The Balaban J connectivity index is 2.73. The van der Waals surface area contributed by atoms with Gasteiger partial charge in [0.1, 0.15) is 0 Å². The van der Waals surface area contributed by atoms with Gasteiger partial charge in [0, 0.05) is 13.7 Å². The second-order valence-electron chi connectivity index (χ2n) is 4.98. The molecule has 0 heterocycles. The topological polar surface area (TPSA) is 70.6 Å². The molecular formula is C14H21ClN2O3. The normalized spacial score (nSPS) is 13.7. The molecule has 0 radical (unpaired) electrons. The zero-order chi connectivity index (χ0) is 15.2. The minimum atomic E-state index is -0.635. The van der Waals surface area contributed by atoms with Crippen molar-refractivity contribution in [3.63, 3.8) is 0 Å². The predicted molar refractivity (Wildman–Crippen MR) is 80.3 cm³/mol. The largest absolute Gasteiger partial charge is 0.396 e. The van der Waals surface area contributed by atoms with Crippen molar-refractivity contribution >= 4 is 23.3 Å². The third-order valence-electron chi connectivity index (χ3n) is 2.98. The number of anilines is 1. The highest BCUT2D eigenvalue weighted by atomic mass is 35.5. The number of methoxy groups -OCH3 is 1. The first-order valence-corrected chi connectivity index (χ1v) is 6.74. The number of amides is 2. The fourth-order valence-corrected chi connectivity index (χ4v) is 2.08. The van der Waals surface area contributed by atoms with E-state index in [0.717, 1.165) is 5.56 Å². The molecule has 5 nitrogen and oxygen atoms in total. The molecule has 1 atom stereocenters. The summed E-state index contributed by atoms with van der Waals surface area (Å²) in [6.45, 7) is 3.95. The van der Waals surface area contributed by atoms with Gasteiger partial charge in [-0.25, -0.2) is 4.79 Å². The lowest BCUT2D eigenvalue weighted by Gasteiger charge is -2.29. The molecule has 1 rings (SSSR count). The first-order chi connectivity index (χ1) is 9.41. The number of carbonyl (C=O) groups is 1. The lowest BCUT2D eigenvalue weighted by Crippen LogP contribution is -2.51. The van der Waals surface area contributed by atoms with E-state index in [0.29, 0.717) is 23.7 Å². The summed E-state index contributed by atoms with van der Waals surface area (Å²) in [4.78, 5) is 12.0. The fraction of sp³-hybridized carbons (Fsp3) is 0.500. The van der Waals surface area contributed by atoms with Crippen LogP contribution in [-0.4, -0.2) is 37.0 Å². The average molecular weight is 301 g/mol. The summed E-state index contributed by atoms with van der Waals surface area (Å²) in [5.41, 5.74) is 0.802. The van der Waals surface area contributed by atoms with Crippen LogP contribution in [0.15, 0.2) is 18.2 Å². The fourth-order valence-electron chi connectivity index (χ4n) is 1.91. The van der Waals surface area contributed by atoms with Crippen molar-refractivity contribution < 1.29 is 14.6 Å². The quantitative estimate of drug-likeness (QED) is 0.756. The zero-order valence-electron chi connectivity index (χ0n) is 12.0. The molecule has 20 heavy (non-hydrogen) atoms. The van der Waals surface area contributed by atoms with E-state index in [1.165, 1.54) is 0 Å². The van der Waals surface area contributed by atoms with Crippen molar-refractivity contribution in [1.82, 2.24) is 5.32 Å². The van der Waals surface area contributed by atoms with E-state index >= 15 is 0 Å². The Bertz CT molecular complexity index is 460. The number of urea groups is 1. The zero-order valence-corrected chi connectivity index (χ0v) is 12.8. The Kier molecular flexibility index (Phi) is 6.26. The van der Waals surface area contributed by atoms with E-state index in [4.69, 9.17) is 21.4 Å². The van der Waals surface area contributed by atoms with Crippen LogP contribution in [0.5, 0.6) is 0 Å². The van der Waals surface area contributed by atoms with Crippen molar-refractivity contribution in [3.8, 4) is 0 Å². The molecule has 0 bridgehead atoms. The molecule has 0 aromatic heterocycles. The predicted octanol–water partition coefficient (Wildman–Crippen LogP) is 2.56. The van der Waals surface area contributed by atoms with Crippen molar-refractivity contribution in [3.05, 3.63) is 28.8 Å². The summed E-state index contributed by atoms with van der Waals surface area (Å²) in [6, 6.07) is 5.03. The summed E-state index contributed by atoms with van der Waals surface area (Å²) >= 11 is 6.12. The van der Waals surface area contributed by atoms with Crippen molar-refractivity contribution in [2.75, 3.05) is 25.6 Å². The third-order valence-corrected chi connectivity index (χ3v) is 3.48. The standard InChI is InChI=1S/C14H21ClN2O3/c1-10-5-4-6-11(12(10)15)16-13(19)17-14(2,7-8-18)9-20-3/h4-6,18H,7-9H2,1-3H3,(H2,16,17,19). The van der Waals surface area contributed by atoms with Crippen molar-refractivity contribution in [2.24, 2.45) is 0 Å². The Morgan fingerprint density at radius 3 is 2.80 bits per heavy atom. The monoisotopic (exact) mass is 300 g/mol. The van der Waals surface area contributed by atoms with Gasteiger partial charge in [0.2, 0.25) is 0 Å². The molecule has 1 aromatic rings. The van der Waals surface area contributed by atoms with Gasteiger partial charge in [-0.05, 0) is 31.9 Å². The second-order valence-corrected chi connectivity index (χ2v) is 5.36. The summed E-state index contributed by atoms with van der Waals surface area (Å²) < 4.78 is 5.07. The van der Waals surface area contributed by atoms with Crippen LogP contribution >= 0.6 is 11.6 Å². The molecule has 0 aliphatic carbocycles. The highest BCUT2D eigenvalue weighted by molar-refractivity contribution is 6.34. The number of hydrogen-bond donors (Lipinski definition) is 3. The number of rotatable bonds is 6. The van der Waals surface area contributed by atoms with Gasteiger partial charge < -0.3 is 20.5 Å². The van der Waals surface area contributed by atoms with Gasteiger partial charge in [-0.2, -0.15) is 0 Å². The van der Waals surface area contributed by atoms with E-state index in [9.17, 15) is 4.79 Å². The molecule has 1 unspecified atom stereocenters. The van der Waals surface area contributed by atoms with Crippen LogP contribution < -0.4 is 10.6 Å². The Morgan fingerprint density at radius 2 is 2.20 bits per heavy atom. The molecule has 2 amide bonds. The number of aliphatic hydroxyl groups is 1. The van der Waals surface area contributed by atoms with Crippen LogP contribution in [0, 0.1) is 6.92 Å². The summed E-state index contributed by atoms with van der Waals surface area (Å²) in [7, 11) is 1.55. The van der Waals surface area contributed by atoms with E-state index in [1.54, 1.807) is 13.2 Å². The lowest BCUT2D eigenvalue weighted by molar-refractivity contribution is 0.104. The van der Waals surface area contributed by atoms with E-state index in [2.05, 4.69) is 10.6 Å². The van der Waals surface area contributed by atoms with Crippen LogP contribution in [0.2, 0.25) is 5.02 Å². The molecule has 0 saturated carbocycles. The number of aliphatic hydroxyl groups excluding tert-OH is 1. The SMILES string of the molecule is COCC(C)(CCO)NC(=O)Nc1cccc(C)c1Cl. The van der Waals surface area contributed by atoms with E-state index < -0.39 is 5.54 Å². The van der Waals surface area contributed by atoms with Crippen LogP contribution in [0.1, 0.15) is 18.9 Å². The molecule has 0 spiro atoms. The molecule has 3 N–H and O–H groups in total. The first kappa shape index (κ1) is 16.8. The number of aryl methyl sites for hydroxylation is 1. The van der Waals surface area contributed by atoms with Crippen LogP contribution in [0.3, 0.4) is 0 Å². The number of benzene rings is 1. The minimum Gasteiger partial charge on any atom is -0.396 e. The molecule has 0 saturated heterocycles. The van der Waals surface area contributed by atoms with E-state index in [1.807, 2.05) is 26.0 Å². The maximum absolute atomic E-state index is 12.0. The summed E-state index contributed by atoms with van der Waals surface area (Å²) in [5.74, 6) is 0. The number of ether oxygens (including phenoxy) is 1. The maximum Gasteiger partial charge on any atom is 0.319 e. The Morgan fingerprint density at radius 1 is 1.50 bits per heavy atom. The van der Waals surface area contributed by atoms with Crippen molar-refractivity contribution in [2.45, 2.75) is 25.8 Å². The molecule has 0 aliphatic rings. The number of halogens is 1. The minimum absolute atomic E-state index is 0.0364. The van der Waals surface area contributed by atoms with Crippen LogP contribution in [0.25, 0.3) is 0 Å². The highest BCUT2D eigenvalue weighted by Gasteiger charge is 2.26. The number of nitrogens with one attached hydrogen (secondary N) is 2. The molecule has 6 heteroatoms. The molecule has 112 valence electrons. The first-order valence-electron chi connectivity index (χ1n) is 6.36. The summed E-state index contributed by atoms with van der Waals surface area (Å²) in [5, 5.41) is 15.1. The maximum atomic E-state index is 12.0. The Labute approximate surface area is 124 Å². The average Bonchev–Trinajstić information content (AvgIpc) is 2.35. The van der Waals surface area contributed by atoms with Gasteiger partial charge in [-0.15, -0.1) is 0 Å². The van der Waals surface area contributed by atoms with Gasteiger partial charge in [0.25, 0.3) is 0 Å². The lowest BCUT2D eigenvalue weighted by atomic mass is 10.00. The van der Waals surface area contributed by atoms with Gasteiger partial charge in [-0.3, -0.25) is 0 Å². The molecular weight excluding hydrogens is 280 g/mol.